The molecule has 0 spiro atoms. The maximum atomic E-state index is 12.7. The molecule has 0 unspecified atom stereocenters. The zero-order valence-electron chi connectivity index (χ0n) is 16.1. The second-order valence-corrected chi connectivity index (χ2v) is 6.19. The zero-order chi connectivity index (χ0) is 22.1. The molecule has 10 heteroatoms. The Labute approximate surface area is 171 Å². The van der Waals surface area contributed by atoms with E-state index in [9.17, 15) is 27.6 Å². The number of alkyl halides is 3. The molecule has 0 atom stereocenters. The summed E-state index contributed by atoms with van der Waals surface area (Å²) < 4.78 is 38.0. The van der Waals surface area contributed by atoms with Crippen LogP contribution >= 0.6 is 0 Å². The van der Waals surface area contributed by atoms with Crippen molar-refractivity contribution in [2.24, 2.45) is 0 Å². The van der Waals surface area contributed by atoms with Gasteiger partial charge < -0.3 is 21.3 Å². The molecule has 2 rings (SSSR count). The van der Waals surface area contributed by atoms with Crippen LogP contribution in [0.2, 0.25) is 0 Å². The molecule has 0 fully saturated rings. The molecule has 0 bridgehead atoms. The van der Waals surface area contributed by atoms with Crippen molar-refractivity contribution in [1.82, 2.24) is 10.6 Å². The topological polar surface area (TPSA) is 99.3 Å². The Morgan fingerprint density at radius 1 is 0.867 bits per heavy atom. The van der Waals surface area contributed by atoms with Crippen LogP contribution in [0, 0.1) is 0 Å². The van der Waals surface area contributed by atoms with Crippen LogP contribution in [0.4, 0.5) is 29.3 Å². The smallest absolute Gasteiger partial charge is 0.350 e. The van der Waals surface area contributed by atoms with Crippen LogP contribution in [-0.2, 0) is 11.0 Å². The van der Waals surface area contributed by atoms with Crippen molar-refractivity contribution < 1.29 is 27.6 Å². The van der Waals surface area contributed by atoms with Crippen molar-refractivity contribution in [3.05, 3.63) is 59.7 Å². The number of halogens is 3. The van der Waals surface area contributed by atoms with E-state index in [-0.39, 0.29) is 30.6 Å². The Hall–Kier alpha value is -3.56. The van der Waals surface area contributed by atoms with Crippen LogP contribution < -0.4 is 21.3 Å². The maximum Gasteiger partial charge on any atom is 0.416 e. The summed E-state index contributed by atoms with van der Waals surface area (Å²) in [6.45, 7) is 1.91. The van der Waals surface area contributed by atoms with E-state index >= 15 is 0 Å². The van der Waals surface area contributed by atoms with Gasteiger partial charge >= 0.3 is 12.2 Å². The van der Waals surface area contributed by atoms with E-state index < -0.39 is 17.8 Å². The van der Waals surface area contributed by atoms with Gasteiger partial charge in [0.25, 0.3) is 5.91 Å². The van der Waals surface area contributed by atoms with Gasteiger partial charge in [-0.3, -0.25) is 9.59 Å². The van der Waals surface area contributed by atoms with Gasteiger partial charge in [-0.25, -0.2) is 4.79 Å². The number of carbonyl (C=O) groups excluding carboxylic acids is 3. The standard InChI is InChI=1S/C20H21F3N4O3/c1-2-17(28)26-15-8-6-13(7-9-15)18(29)24-10-11-25-19(30)27-16-5-3-4-14(12-16)20(21,22)23/h3-9,12H,2,10-11H2,1H3,(H,24,29)(H,26,28)(H2,25,27,30). The molecular weight excluding hydrogens is 401 g/mol. The largest absolute Gasteiger partial charge is 0.416 e. The van der Waals surface area contributed by atoms with Crippen LogP contribution in [0.5, 0.6) is 0 Å². The molecule has 0 radical (unpaired) electrons. The second-order valence-electron chi connectivity index (χ2n) is 6.19. The molecule has 0 saturated carbocycles. The number of rotatable bonds is 7. The summed E-state index contributed by atoms with van der Waals surface area (Å²) in [6, 6.07) is 9.87. The third kappa shape index (κ3) is 7.12. The average Bonchev–Trinajstić information content (AvgIpc) is 2.71. The summed E-state index contributed by atoms with van der Waals surface area (Å²) in [4.78, 5) is 35.2. The molecule has 0 aliphatic carbocycles. The fraction of sp³-hybridized carbons (Fsp3) is 0.250. The third-order valence-electron chi connectivity index (χ3n) is 3.90. The SMILES string of the molecule is CCC(=O)Nc1ccc(C(=O)NCCNC(=O)Nc2cccc(C(F)(F)F)c2)cc1. The van der Waals surface area contributed by atoms with Gasteiger partial charge in [0, 0.05) is 36.4 Å². The zero-order valence-corrected chi connectivity index (χ0v) is 16.1. The van der Waals surface area contributed by atoms with Crippen LogP contribution in [-0.4, -0.2) is 30.9 Å². The lowest BCUT2D eigenvalue weighted by atomic mass is 10.2. The minimum Gasteiger partial charge on any atom is -0.350 e. The second kappa shape index (κ2) is 10.3. The molecule has 0 aliphatic rings. The average molecular weight is 422 g/mol. The molecule has 0 heterocycles. The van der Waals surface area contributed by atoms with E-state index in [1.807, 2.05) is 0 Å². The van der Waals surface area contributed by atoms with E-state index in [0.717, 1.165) is 12.1 Å². The van der Waals surface area contributed by atoms with Gasteiger partial charge in [0.15, 0.2) is 0 Å². The van der Waals surface area contributed by atoms with Crippen molar-refractivity contribution in [1.29, 1.82) is 0 Å². The summed E-state index contributed by atoms with van der Waals surface area (Å²) in [5, 5.41) is 10.0. The van der Waals surface area contributed by atoms with Crippen molar-refractivity contribution in [3.8, 4) is 0 Å². The Kier molecular flexibility index (Phi) is 7.79. The van der Waals surface area contributed by atoms with E-state index in [1.54, 1.807) is 31.2 Å². The molecule has 0 aliphatic heterocycles. The number of carbonyl (C=O) groups is 3. The van der Waals surface area contributed by atoms with Crippen molar-refractivity contribution >= 4 is 29.2 Å². The fourth-order valence-corrected chi connectivity index (χ4v) is 2.36. The molecule has 2 aromatic carbocycles. The number of benzene rings is 2. The van der Waals surface area contributed by atoms with E-state index in [1.165, 1.54) is 12.1 Å². The molecule has 0 aromatic heterocycles. The monoisotopic (exact) mass is 422 g/mol. The van der Waals surface area contributed by atoms with Gasteiger partial charge in [-0.05, 0) is 42.5 Å². The normalized spacial score (nSPS) is 10.8. The van der Waals surface area contributed by atoms with E-state index in [2.05, 4.69) is 21.3 Å². The summed E-state index contributed by atoms with van der Waals surface area (Å²) >= 11 is 0. The predicted molar refractivity (Wildman–Crippen MR) is 106 cm³/mol. The summed E-state index contributed by atoms with van der Waals surface area (Å²) in [6.07, 6.45) is -4.16. The van der Waals surface area contributed by atoms with Gasteiger partial charge in [-0.2, -0.15) is 13.2 Å². The first-order valence-corrected chi connectivity index (χ1v) is 9.09. The highest BCUT2D eigenvalue weighted by Crippen LogP contribution is 2.30. The fourth-order valence-electron chi connectivity index (χ4n) is 2.36. The number of hydrogen-bond acceptors (Lipinski definition) is 3. The lowest BCUT2D eigenvalue weighted by molar-refractivity contribution is -0.137. The lowest BCUT2D eigenvalue weighted by Crippen LogP contribution is -2.36. The number of nitrogens with one attached hydrogen (secondary N) is 4. The minimum atomic E-state index is -4.50. The minimum absolute atomic E-state index is 0.00149. The first kappa shape index (κ1) is 22.7. The van der Waals surface area contributed by atoms with Crippen molar-refractivity contribution in [2.75, 3.05) is 23.7 Å². The Bertz CT molecular complexity index is 899. The molecule has 2 aromatic rings. The van der Waals surface area contributed by atoms with Crippen LogP contribution in [0.15, 0.2) is 48.5 Å². The summed E-state index contributed by atoms with van der Waals surface area (Å²) in [7, 11) is 0. The number of anilines is 2. The Morgan fingerprint density at radius 2 is 1.53 bits per heavy atom. The number of hydrogen-bond donors (Lipinski definition) is 4. The molecule has 160 valence electrons. The maximum absolute atomic E-state index is 12.7. The van der Waals surface area contributed by atoms with Gasteiger partial charge in [0.1, 0.15) is 0 Å². The van der Waals surface area contributed by atoms with Crippen LogP contribution in [0.3, 0.4) is 0 Å². The van der Waals surface area contributed by atoms with Crippen LogP contribution in [0.25, 0.3) is 0 Å². The summed E-state index contributed by atoms with van der Waals surface area (Å²) in [5.74, 6) is -0.509. The van der Waals surface area contributed by atoms with Crippen molar-refractivity contribution in [3.63, 3.8) is 0 Å². The van der Waals surface area contributed by atoms with Gasteiger partial charge in [0.05, 0.1) is 5.56 Å². The molecule has 4 N–H and O–H groups in total. The number of amides is 4. The first-order chi connectivity index (χ1) is 14.2. The third-order valence-corrected chi connectivity index (χ3v) is 3.90. The van der Waals surface area contributed by atoms with E-state index in [0.29, 0.717) is 17.7 Å². The molecule has 30 heavy (non-hydrogen) atoms. The highest BCUT2D eigenvalue weighted by Gasteiger charge is 2.30. The Morgan fingerprint density at radius 3 is 2.17 bits per heavy atom. The van der Waals surface area contributed by atoms with Gasteiger partial charge in [-0.1, -0.05) is 13.0 Å². The first-order valence-electron chi connectivity index (χ1n) is 9.09. The highest BCUT2D eigenvalue weighted by atomic mass is 19.4. The van der Waals surface area contributed by atoms with E-state index in [4.69, 9.17) is 0 Å². The van der Waals surface area contributed by atoms with Gasteiger partial charge in [-0.15, -0.1) is 0 Å². The molecular formula is C20H21F3N4O3. The molecule has 7 nitrogen and oxygen atoms in total. The quantitative estimate of drug-likeness (QED) is 0.513. The van der Waals surface area contributed by atoms with Crippen molar-refractivity contribution in [2.45, 2.75) is 19.5 Å². The lowest BCUT2D eigenvalue weighted by Gasteiger charge is -2.11. The Balaban J connectivity index is 1.75. The highest BCUT2D eigenvalue weighted by molar-refractivity contribution is 5.95. The summed E-state index contributed by atoms with van der Waals surface area (Å²) in [5.41, 5.74) is 0.0821. The molecule has 0 saturated heterocycles. The number of urea groups is 1. The predicted octanol–water partition coefficient (Wildman–Crippen LogP) is 3.61. The molecule has 4 amide bonds. The van der Waals surface area contributed by atoms with Crippen LogP contribution in [0.1, 0.15) is 29.3 Å². The van der Waals surface area contributed by atoms with Gasteiger partial charge in [0.2, 0.25) is 5.91 Å².